The van der Waals surface area contributed by atoms with Gasteiger partial charge in [-0.25, -0.2) is 0 Å². The monoisotopic (exact) mass is 403 g/mol. The lowest BCUT2D eigenvalue weighted by atomic mass is 10.0. The minimum Gasteiger partial charge on any atom is -0.490 e. The number of hydrogen-bond acceptors (Lipinski definition) is 5. The maximum absolute atomic E-state index is 12.2. The molecule has 4 nitrogen and oxygen atoms in total. The van der Waals surface area contributed by atoms with Crippen LogP contribution in [0.2, 0.25) is 0 Å². The molecule has 3 heterocycles. The summed E-state index contributed by atoms with van der Waals surface area (Å²) in [5, 5.41) is 0. The summed E-state index contributed by atoms with van der Waals surface area (Å²) in [7, 11) is 0. The SMILES string of the molecule is CC(=O)c1ccc(-c2ccc3c(c2)CC(CCC(=O)/C=C/c2cccnc2)O3)s1. The van der Waals surface area contributed by atoms with Crippen LogP contribution in [0.4, 0.5) is 0 Å². The van der Waals surface area contributed by atoms with E-state index >= 15 is 0 Å². The fourth-order valence-corrected chi connectivity index (χ4v) is 4.26. The van der Waals surface area contributed by atoms with Gasteiger partial charge in [0.2, 0.25) is 0 Å². The van der Waals surface area contributed by atoms with Crippen molar-refractivity contribution in [3.8, 4) is 16.2 Å². The number of aromatic nitrogens is 1. The minimum absolute atomic E-state index is 0.0205. The molecule has 29 heavy (non-hydrogen) atoms. The second-order valence-corrected chi connectivity index (χ2v) is 8.20. The van der Waals surface area contributed by atoms with Gasteiger partial charge in [-0.2, -0.15) is 0 Å². The summed E-state index contributed by atoms with van der Waals surface area (Å²) in [6.07, 6.45) is 8.80. The zero-order valence-electron chi connectivity index (χ0n) is 16.1. The molecule has 1 aliphatic rings. The largest absolute Gasteiger partial charge is 0.490 e. The molecule has 0 spiro atoms. The molecule has 146 valence electrons. The highest BCUT2D eigenvalue weighted by Crippen LogP contribution is 2.36. The van der Waals surface area contributed by atoms with Crippen LogP contribution in [0.3, 0.4) is 0 Å². The molecule has 1 aliphatic heterocycles. The summed E-state index contributed by atoms with van der Waals surface area (Å²) in [5.74, 6) is 1.07. The van der Waals surface area contributed by atoms with Gasteiger partial charge in [0.05, 0.1) is 4.88 Å². The molecule has 0 bridgehead atoms. The Morgan fingerprint density at radius 3 is 2.90 bits per heavy atom. The normalized spacial score (nSPS) is 15.3. The van der Waals surface area contributed by atoms with Gasteiger partial charge in [-0.15, -0.1) is 11.3 Å². The summed E-state index contributed by atoms with van der Waals surface area (Å²) in [4.78, 5) is 29.6. The average Bonchev–Trinajstić information content (AvgIpc) is 3.38. The molecular formula is C24H21NO3S. The molecule has 0 radical (unpaired) electrons. The van der Waals surface area contributed by atoms with E-state index in [0.717, 1.165) is 38.6 Å². The second-order valence-electron chi connectivity index (χ2n) is 7.11. The minimum atomic E-state index is 0.0205. The van der Waals surface area contributed by atoms with Gasteiger partial charge in [0.1, 0.15) is 11.9 Å². The van der Waals surface area contributed by atoms with Crippen molar-refractivity contribution < 1.29 is 14.3 Å². The maximum Gasteiger partial charge on any atom is 0.169 e. The summed E-state index contributed by atoms with van der Waals surface area (Å²) in [6.45, 7) is 1.59. The Bertz CT molecular complexity index is 1070. The lowest BCUT2D eigenvalue weighted by Gasteiger charge is -2.08. The smallest absolute Gasteiger partial charge is 0.169 e. The van der Waals surface area contributed by atoms with Gasteiger partial charge in [-0.05, 0) is 78.6 Å². The number of Topliss-reactive ketones (excluding diaryl/α,β-unsaturated/α-hetero) is 1. The lowest BCUT2D eigenvalue weighted by Crippen LogP contribution is -2.14. The predicted octanol–water partition coefficient (Wildman–Crippen LogP) is 5.38. The third-order valence-electron chi connectivity index (χ3n) is 4.90. The van der Waals surface area contributed by atoms with Crippen molar-refractivity contribution >= 4 is 29.0 Å². The number of benzene rings is 1. The number of allylic oxidation sites excluding steroid dienone is 1. The highest BCUT2D eigenvalue weighted by molar-refractivity contribution is 7.17. The molecule has 0 saturated carbocycles. The molecule has 0 amide bonds. The van der Waals surface area contributed by atoms with Crippen LogP contribution in [0.25, 0.3) is 16.5 Å². The van der Waals surface area contributed by atoms with Crippen LogP contribution >= 0.6 is 11.3 Å². The zero-order chi connectivity index (χ0) is 20.2. The first-order valence-corrected chi connectivity index (χ1v) is 10.4. The van der Waals surface area contributed by atoms with Crippen molar-refractivity contribution in [2.45, 2.75) is 32.3 Å². The standard InChI is InChI=1S/C24H21NO3S/c1-16(26)23-10-11-24(29-23)18-5-9-22-19(13-18)14-21(28-22)8-7-20(27)6-4-17-3-2-12-25-15-17/h2-6,9-13,15,21H,7-8,14H2,1H3/b6-4+. The van der Waals surface area contributed by atoms with Gasteiger partial charge in [0.15, 0.2) is 11.6 Å². The number of pyridine rings is 1. The highest BCUT2D eigenvalue weighted by Gasteiger charge is 2.23. The molecule has 0 fully saturated rings. The first kappa shape index (κ1) is 19.3. The number of carbonyl (C=O) groups excluding carboxylic acids is 2. The van der Waals surface area contributed by atoms with Crippen LogP contribution in [0, 0.1) is 0 Å². The third kappa shape index (κ3) is 4.69. The van der Waals surface area contributed by atoms with E-state index in [2.05, 4.69) is 11.1 Å². The average molecular weight is 404 g/mol. The van der Waals surface area contributed by atoms with Crippen LogP contribution in [0.1, 0.15) is 40.6 Å². The summed E-state index contributed by atoms with van der Waals surface area (Å²) >= 11 is 1.51. The van der Waals surface area contributed by atoms with E-state index < -0.39 is 0 Å². The van der Waals surface area contributed by atoms with Gasteiger partial charge in [0.25, 0.3) is 0 Å². The molecule has 0 saturated heterocycles. The fraction of sp³-hybridized carbons (Fsp3) is 0.208. The van der Waals surface area contributed by atoms with E-state index in [1.54, 1.807) is 31.5 Å². The van der Waals surface area contributed by atoms with Crippen LogP contribution in [-0.2, 0) is 11.2 Å². The molecule has 3 aromatic rings. The Balaban J connectivity index is 1.34. The molecule has 5 heteroatoms. The number of nitrogens with zero attached hydrogens (tertiary/aromatic N) is 1. The van der Waals surface area contributed by atoms with E-state index in [1.807, 2.05) is 36.4 Å². The molecule has 1 unspecified atom stereocenters. The first-order valence-electron chi connectivity index (χ1n) is 9.60. The summed E-state index contributed by atoms with van der Waals surface area (Å²) in [6, 6.07) is 13.8. The van der Waals surface area contributed by atoms with E-state index in [9.17, 15) is 9.59 Å². The number of ether oxygens (including phenoxy) is 1. The Hall–Kier alpha value is -3.05. The number of carbonyl (C=O) groups is 2. The van der Waals surface area contributed by atoms with Crippen molar-refractivity contribution in [3.05, 3.63) is 76.9 Å². The molecule has 1 atom stereocenters. The zero-order valence-corrected chi connectivity index (χ0v) is 16.9. The van der Waals surface area contributed by atoms with Crippen molar-refractivity contribution in [1.29, 1.82) is 0 Å². The van der Waals surface area contributed by atoms with Crippen molar-refractivity contribution in [2.75, 3.05) is 0 Å². The maximum atomic E-state index is 12.2. The van der Waals surface area contributed by atoms with E-state index in [4.69, 9.17) is 4.74 Å². The van der Waals surface area contributed by atoms with Crippen LogP contribution in [0.15, 0.2) is 60.9 Å². The Morgan fingerprint density at radius 1 is 1.24 bits per heavy atom. The molecule has 0 N–H and O–H groups in total. The van der Waals surface area contributed by atoms with Crippen molar-refractivity contribution in [3.63, 3.8) is 0 Å². The molecule has 4 rings (SSSR count). The summed E-state index contributed by atoms with van der Waals surface area (Å²) in [5.41, 5.74) is 3.17. The predicted molar refractivity (Wildman–Crippen MR) is 115 cm³/mol. The van der Waals surface area contributed by atoms with Gasteiger partial charge < -0.3 is 4.74 Å². The van der Waals surface area contributed by atoms with Gasteiger partial charge in [0, 0.05) is 30.1 Å². The van der Waals surface area contributed by atoms with Gasteiger partial charge >= 0.3 is 0 Å². The number of ketones is 2. The van der Waals surface area contributed by atoms with E-state index in [1.165, 1.54) is 11.3 Å². The van der Waals surface area contributed by atoms with Crippen molar-refractivity contribution in [1.82, 2.24) is 4.98 Å². The Morgan fingerprint density at radius 2 is 2.14 bits per heavy atom. The van der Waals surface area contributed by atoms with Crippen LogP contribution in [0.5, 0.6) is 5.75 Å². The van der Waals surface area contributed by atoms with E-state index in [-0.39, 0.29) is 17.7 Å². The number of rotatable bonds is 7. The second kappa shape index (κ2) is 8.53. The van der Waals surface area contributed by atoms with Crippen LogP contribution in [-0.4, -0.2) is 22.7 Å². The quantitative estimate of drug-likeness (QED) is 0.393. The lowest BCUT2D eigenvalue weighted by molar-refractivity contribution is -0.115. The number of fused-ring (bicyclic) bond motifs is 1. The topological polar surface area (TPSA) is 56.3 Å². The van der Waals surface area contributed by atoms with Gasteiger partial charge in [-0.3, -0.25) is 14.6 Å². The molecular weight excluding hydrogens is 382 g/mol. The van der Waals surface area contributed by atoms with Crippen molar-refractivity contribution in [2.24, 2.45) is 0 Å². The Kier molecular flexibility index (Phi) is 5.67. The van der Waals surface area contributed by atoms with E-state index in [0.29, 0.717) is 12.8 Å². The summed E-state index contributed by atoms with van der Waals surface area (Å²) < 4.78 is 6.02. The number of thiophene rings is 1. The fourth-order valence-electron chi connectivity index (χ4n) is 3.37. The first-order chi connectivity index (χ1) is 14.1. The highest BCUT2D eigenvalue weighted by atomic mass is 32.1. The molecule has 2 aromatic heterocycles. The van der Waals surface area contributed by atoms with Crippen LogP contribution < -0.4 is 4.74 Å². The molecule has 1 aromatic carbocycles. The number of hydrogen-bond donors (Lipinski definition) is 0. The molecule has 0 aliphatic carbocycles. The Labute approximate surface area is 173 Å². The third-order valence-corrected chi connectivity index (χ3v) is 6.13. The van der Waals surface area contributed by atoms with Gasteiger partial charge in [-0.1, -0.05) is 6.07 Å².